The number of hydrogen-bond donors (Lipinski definition) is 0. The molecule has 0 unspecified atom stereocenters. The summed E-state index contributed by atoms with van der Waals surface area (Å²) in [7, 11) is 0. The maximum atomic E-state index is 11.9. The fourth-order valence-electron chi connectivity index (χ4n) is 1.65. The summed E-state index contributed by atoms with van der Waals surface area (Å²) in [6.45, 7) is 1.76. The summed E-state index contributed by atoms with van der Waals surface area (Å²) in [5.74, 6) is -0.656. The minimum atomic E-state index is -0.656. The molecule has 0 radical (unpaired) electrons. The molecule has 22 heavy (non-hydrogen) atoms. The number of carbonyl (C=O) groups is 1. The smallest absolute Gasteiger partial charge is 0.313 e. The van der Waals surface area contributed by atoms with Crippen LogP contribution in [0.2, 0.25) is 0 Å². The summed E-state index contributed by atoms with van der Waals surface area (Å²) in [6, 6.07) is 7.14. The van der Waals surface area contributed by atoms with E-state index in [4.69, 9.17) is 4.84 Å². The third-order valence-electron chi connectivity index (χ3n) is 2.76. The van der Waals surface area contributed by atoms with Gasteiger partial charge in [0, 0.05) is 17.0 Å². The first-order valence-corrected chi connectivity index (χ1v) is 8.25. The van der Waals surface area contributed by atoms with Gasteiger partial charge in [-0.25, -0.2) is 4.79 Å². The number of thiophene rings is 1. The van der Waals surface area contributed by atoms with Crippen LogP contribution in [-0.4, -0.2) is 22.9 Å². The van der Waals surface area contributed by atoms with Crippen LogP contribution in [0.1, 0.15) is 22.2 Å². The van der Waals surface area contributed by atoms with Crippen LogP contribution in [0.5, 0.6) is 0 Å². The van der Waals surface area contributed by atoms with Gasteiger partial charge >= 0.3 is 5.97 Å². The van der Waals surface area contributed by atoms with Gasteiger partial charge in [0.25, 0.3) is 5.69 Å². The molecule has 0 atom stereocenters. The quantitative estimate of drug-likeness (QED) is 0.271. The fraction of sp³-hybridized carbons (Fsp3) is 0.143. The fourth-order valence-corrected chi connectivity index (χ4v) is 3.40. The molecule has 1 aromatic carbocycles. The van der Waals surface area contributed by atoms with Gasteiger partial charge in [-0.3, -0.25) is 10.1 Å². The highest BCUT2D eigenvalue weighted by Crippen LogP contribution is 2.26. The Bertz CT molecular complexity index is 723. The second kappa shape index (κ2) is 7.19. The average Bonchev–Trinajstić information content (AvgIpc) is 3.01. The zero-order chi connectivity index (χ0) is 16.1. The van der Waals surface area contributed by atoms with Crippen LogP contribution in [0.3, 0.4) is 0 Å². The molecule has 0 saturated heterocycles. The summed E-state index contributed by atoms with van der Waals surface area (Å²) in [4.78, 5) is 28.8. The van der Waals surface area contributed by atoms with Crippen molar-refractivity contribution in [3.8, 4) is 0 Å². The van der Waals surface area contributed by atoms with Gasteiger partial charge in [0.05, 0.1) is 21.1 Å². The van der Waals surface area contributed by atoms with E-state index in [-0.39, 0.29) is 11.3 Å². The van der Waals surface area contributed by atoms with Crippen molar-refractivity contribution in [2.45, 2.75) is 11.8 Å². The summed E-state index contributed by atoms with van der Waals surface area (Å²) in [6.07, 6.45) is 1.96. The van der Waals surface area contributed by atoms with Crippen molar-refractivity contribution in [1.29, 1.82) is 0 Å². The van der Waals surface area contributed by atoms with Crippen molar-refractivity contribution in [1.82, 2.24) is 0 Å². The first-order valence-electron chi connectivity index (χ1n) is 6.15. The van der Waals surface area contributed by atoms with Gasteiger partial charge in [-0.2, -0.15) is 0 Å². The van der Waals surface area contributed by atoms with Gasteiger partial charge in [0.15, 0.2) is 0 Å². The van der Waals surface area contributed by atoms with Gasteiger partial charge < -0.3 is 4.84 Å². The molecule has 8 heteroatoms. The number of hydrogen-bond acceptors (Lipinski definition) is 7. The monoisotopic (exact) mass is 336 g/mol. The Labute approximate surface area is 134 Å². The topological polar surface area (TPSA) is 81.8 Å². The highest BCUT2D eigenvalue weighted by molar-refractivity contribution is 7.98. The van der Waals surface area contributed by atoms with E-state index in [9.17, 15) is 14.9 Å². The number of non-ortho nitro benzene ring substituents is 1. The van der Waals surface area contributed by atoms with Gasteiger partial charge in [0.2, 0.25) is 0 Å². The predicted octanol–water partition coefficient (Wildman–Crippen LogP) is 3.96. The Kier molecular flexibility index (Phi) is 5.29. The molecule has 0 saturated carbocycles. The number of nitro groups is 1. The highest BCUT2D eigenvalue weighted by atomic mass is 32.2. The second-order valence-electron chi connectivity index (χ2n) is 4.18. The number of thioether (sulfide) groups is 1. The van der Waals surface area contributed by atoms with Gasteiger partial charge in [0.1, 0.15) is 0 Å². The molecular formula is C14H12N2O4S2. The Morgan fingerprint density at radius 2 is 2.00 bits per heavy atom. The summed E-state index contributed by atoms with van der Waals surface area (Å²) >= 11 is 3.11. The zero-order valence-corrected chi connectivity index (χ0v) is 13.4. The van der Waals surface area contributed by atoms with Crippen LogP contribution >= 0.6 is 23.1 Å². The van der Waals surface area contributed by atoms with E-state index in [0.29, 0.717) is 5.71 Å². The Morgan fingerprint density at radius 3 is 2.59 bits per heavy atom. The maximum absolute atomic E-state index is 11.9. The van der Waals surface area contributed by atoms with E-state index in [0.717, 1.165) is 9.77 Å². The number of rotatable bonds is 5. The van der Waals surface area contributed by atoms with E-state index >= 15 is 0 Å². The second-order valence-corrected chi connectivity index (χ2v) is 5.94. The van der Waals surface area contributed by atoms with E-state index in [1.165, 1.54) is 35.6 Å². The number of nitro benzene ring substituents is 1. The molecule has 2 rings (SSSR count). The normalized spacial score (nSPS) is 11.3. The van der Waals surface area contributed by atoms with E-state index in [2.05, 4.69) is 5.16 Å². The van der Waals surface area contributed by atoms with Crippen molar-refractivity contribution in [3.05, 3.63) is 56.3 Å². The lowest BCUT2D eigenvalue weighted by molar-refractivity contribution is -0.384. The molecule has 0 aliphatic carbocycles. The molecule has 0 spiro atoms. The van der Waals surface area contributed by atoms with Crippen molar-refractivity contribution in [2.75, 3.05) is 6.26 Å². The first kappa shape index (κ1) is 16.2. The van der Waals surface area contributed by atoms with Crippen molar-refractivity contribution in [3.63, 3.8) is 0 Å². The van der Waals surface area contributed by atoms with E-state index in [1.54, 1.807) is 18.7 Å². The molecular weight excluding hydrogens is 324 g/mol. The predicted molar refractivity (Wildman–Crippen MR) is 86.8 cm³/mol. The molecule has 0 fully saturated rings. The standard InChI is InChI=1S/C14H12N2O4S2/c1-9(13-12(21-2)7-8-22-13)15-20-14(17)10-3-5-11(6-4-10)16(18)19/h3-8H,1-2H3. The van der Waals surface area contributed by atoms with E-state index < -0.39 is 10.9 Å². The first-order chi connectivity index (χ1) is 10.5. The number of nitrogens with zero attached hydrogens (tertiary/aromatic N) is 2. The van der Waals surface area contributed by atoms with Crippen LogP contribution < -0.4 is 0 Å². The molecule has 0 amide bonds. The molecule has 1 heterocycles. The molecule has 1 aromatic heterocycles. The lowest BCUT2D eigenvalue weighted by Gasteiger charge is -2.01. The van der Waals surface area contributed by atoms with Gasteiger partial charge in [-0.15, -0.1) is 23.1 Å². The van der Waals surface area contributed by atoms with Gasteiger partial charge in [-0.05, 0) is 36.8 Å². The van der Waals surface area contributed by atoms with Crippen LogP contribution in [0.4, 0.5) is 5.69 Å². The number of carbonyl (C=O) groups excluding carboxylic acids is 1. The Hall–Kier alpha value is -2.19. The van der Waals surface area contributed by atoms with E-state index in [1.807, 2.05) is 17.7 Å². The zero-order valence-electron chi connectivity index (χ0n) is 11.8. The largest absolute Gasteiger partial charge is 0.365 e. The lowest BCUT2D eigenvalue weighted by Crippen LogP contribution is -2.03. The van der Waals surface area contributed by atoms with Crippen molar-refractivity contribution >= 4 is 40.5 Å². The van der Waals surface area contributed by atoms with Crippen LogP contribution in [-0.2, 0) is 4.84 Å². The van der Waals surface area contributed by atoms with Crippen molar-refractivity contribution < 1.29 is 14.6 Å². The van der Waals surface area contributed by atoms with Crippen LogP contribution in [0, 0.1) is 10.1 Å². The Balaban J connectivity index is 2.08. The van der Waals surface area contributed by atoms with Crippen LogP contribution in [0.25, 0.3) is 0 Å². The van der Waals surface area contributed by atoms with Crippen molar-refractivity contribution in [2.24, 2.45) is 5.16 Å². The molecule has 114 valence electrons. The Morgan fingerprint density at radius 1 is 1.32 bits per heavy atom. The van der Waals surface area contributed by atoms with Crippen LogP contribution in [0.15, 0.2) is 45.8 Å². The molecule has 0 aliphatic rings. The molecule has 0 aliphatic heterocycles. The molecule has 0 bridgehead atoms. The maximum Gasteiger partial charge on any atom is 0.365 e. The lowest BCUT2D eigenvalue weighted by atomic mass is 10.2. The summed E-state index contributed by atoms with van der Waals surface area (Å²) < 4.78 is 0. The minimum absolute atomic E-state index is 0.0839. The summed E-state index contributed by atoms with van der Waals surface area (Å²) in [5, 5.41) is 16.3. The summed E-state index contributed by atoms with van der Waals surface area (Å²) in [5.41, 5.74) is 0.729. The number of benzene rings is 1. The molecule has 2 aromatic rings. The average molecular weight is 336 g/mol. The third kappa shape index (κ3) is 3.71. The minimum Gasteiger partial charge on any atom is -0.313 e. The highest BCUT2D eigenvalue weighted by Gasteiger charge is 2.12. The third-order valence-corrected chi connectivity index (χ3v) is 4.69. The SMILES string of the molecule is CSc1ccsc1C(C)=NOC(=O)c1ccc([N+](=O)[O-])cc1. The van der Waals surface area contributed by atoms with Gasteiger partial charge in [-0.1, -0.05) is 5.16 Å². The molecule has 6 nitrogen and oxygen atoms in total. The number of oxime groups is 1. The molecule has 0 N–H and O–H groups in total.